The number of nitrogens with one attached hydrogen (secondary N) is 2. The molecule has 0 radical (unpaired) electrons. The van der Waals surface area contributed by atoms with E-state index in [-0.39, 0.29) is 5.35 Å². The van der Waals surface area contributed by atoms with Crippen molar-refractivity contribution in [2.75, 3.05) is 0 Å². The van der Waals surface area contributed by atoms with E-state index in [0.717, 1.165) is 5.56 Å². The molecule has 0 bridgehead atoms. The summed E-state index contributed by atoms with van der Waals surface area (Å²) in [6.07, 6.45) is 1.98. The number of hydrogen-bond donors (Lipinski definition) is 2. The van der Waals surface area contributed by atoms with E-state index in [4.69, 9.17) is 0 Å². The lowest BCUT2D eigenvalue weighted by atomic mass is 10.0. The zero-order chi connectivity index (χ0) is 14.8. The Balaban J connectivity index is 2.31. The Hall–Kier alpha value is -3.09. The quantitative estimate of drug-likeness (QED) is 0.754. The van der Waals surface area contributed by atoms with Crippen molar-refractivity contribution in [3.05, 3.63) is 56.6 Å². The van der Waals surface area contributed by atoms with Crippen LogP contribution in [0, 0.1) is 0 Å². The fourth-order valence-corrected chi connectivity index (χ4v) is 2.18. The van der Waals surface area contributed by atoms with Gasteiger partial charge in [0.2, 0.25) is 6.41 Å². The number of hydrogen-bond acceptors (Lipinski definition) is 5. The van der Waals surface area contributed by atoms with Crippen LogP contribution < -0.4 is 21.6 Å². The van der Waals surface area contributed by atoms with Crippen LogP contribution in [0.15, 0.2) is 39.4 Å². The average molecular weight is 281 g/mol. The minimum Gasteiger partial charge on any atom is -0.355 e. The molecule has 0 spiro atoms. The minimum absolute atomic E-state index is 0.239. The second kappa shape index (κ2) is 5.12. The molecule has 2 heterocycles. The maximum atomic E-state index is 11.9. The summed E-state index contributed by atoms with van der Waals surface area (Å²) in [4.78, 5) is 29.0. The molecule has 0 saturated heterocycles. The number of benzene rings is 1. The maximum absolute atomic E-state index is 11.9. The molecule has 1 aliphatic rings. The SMILES string of the molecule is C=c1cnc(=O)c(=C2N=Nc3cccc(CNC=O)c32)[nH]1. The first-order valence-electron chi connectivity index (χ1n) is 6.20. The Morgan fingerprint density at radius 2 is 2.19 bits per heavy atom. The Labute approximate surface area is 118 Å². The van der Waals surface area contributed by atoms with Gasteiger partial charge in [-0.05, 0) is 11.6 Å². The van der Waals surface area contributed by atoms with Crippen molar-refractivity contribution in [2.45, 2.75) is 6.54 Å². The summed E-state index contributed by atoms with van der Waals surface area (Å²) >= 11 is 0. The van der Waals surface area contributed by atoms with Gasteiger partial charge in [-0.1, -0.05) is 18.7 Å². The molecule has 1 aromatic heterocycles. The molecule has 0 atom stereocenters. The summed E-state index contributed by atoms with van der Waals surface area (Å²) < 4.78 is 0. The van der Waals surface area contributed by atoms with Crippen molar-refractivity contribution in [3.63, 3.8) is 0 Å². The lowest BCUT2D eigenvalue weighted by Gasteiger charge is -2.06. The van der Waals surface area contributed by atoms with Crippen LogP contribution in [0.4, 0.5) is 5.69 Å². The molecule has 3 rings (SSSR count). The fraction of sp³-hybridized carbons (Fsp3) is 0.0714. The van der Waals surface area contributed by atoms with Crippen LogP contribution in [0.1, 0.15) is 11.1 Å². The van der Waals surface area contributed by atoms with Crippen molar-refractivity contribution in [1.29, 1.82) is 0 Å². The summed E-state index contributed by atoms with van der Waals surface area (Å²) in [6, 6.07) is 5.46. The molecule has 0 aliphatic carbocycles. The molecule has 7 nitrogen and oxygen atoms in total. The molecule has 21 heavy (non-hydrogen) atoms. The predicted octanol–water partition coefficient (Wildman–Crippen LogP) is -0.320. The third kappa shape index (κ3) is 2.25. The topological polar surface area (TPSA) is 99.6 Å². The van der Waals surface area contributed by atoms with Crippen molar-refractivity contribution >= 4 is 24.4 Å². The summed E-state index contributed by atoms with van der Waals surface area (Å²) in [7, 11) is 0. The van der Waals surface area contributed by atoms with Crippen LogP contribution in [0.5, 0.6) is 0 Å². The Bertz CT molecular complexity index is 914. The zero-order valence-electron chi connectivity index (χ0n) is 11.0. The standard InChI is InChI=1S/C14H11N5O2/c1-8-5-16-14(21)13(17-8)12-11-9(6-15-7-20)3-2-4-10(11)18-19-12/h2-5,7,17H,1,6H2,(H,15,20). The van der Waals surface area contributed by atoms with Gasteiger partial charge in [-0.25, -0.2) is 4.98 Å². The van der Waals surface area contributed by atoms with Gasteiger partial charge in [0.25, 0.3) is 5.56 Å². The maximum Gasteiger partial charge on any atom is 0.295 e. The van der Waals surface area contributed by atoms with Gasteiger partial charge in [0.15, 0.2) is 0 Å². The number of carbonyl (C=O) groups is 1. The van der Waals surface area contributed by atoms with E-state index < -0.39 is 5.56 Å². The zero-order valence-corrected chi connectivity index (χ0v) is 11.0. The highest BCUT2D eigenvalue weighted by molar-refractivity contribution is 5.78. The molecular weight excluding hydrogens is 270 g/mol. The van der Waals surface area contributed by atoms with Crippen LogP contribution >= 0.6 is 0 Å². The highest BCUT2D eigenvalue weighted by Gasteiger charge is 2.20. The number of amides is 1. The van der Waals surface area contributed by atoms with Gasteiger partial charge in [-0.3, -0.25) is 9.59 Å². The molecule has 2 N–H and O–H groups in total. The van der Waals surface area contributed by atoms with E-state index in [1.165, 1.54) is 6.20 Å². The second-order valence-corrected chi connectivity index (χ2v) is 4.45. The van der Waals surface area contributed by atoms with Crippen molar-refractivity contribution in [3.8, 4) is 0 Å². The first-order chi connectivity index (χ1) is 10.2. The third-order valence-electron chi connectivity index (χ3n) is 3.07. The number of nitrogens with zero attached hydrogens (tertiary/aromatic N) is 3. The largest absolute Gasteiger partial charge is 0.355 e. The Kier molecular flexibility index (Phi) is 3.15. The molecule has 7 heteroatoms. The molecule has 0 fully saturated rings. The second-order valence-electron chi connectivity index (χ2n) is 4.45. The van der Waals surface area contributed by atoms with E-state index in [1.807, 2.05) is 12.1 Å². The normalized spacial score (nSPS) is 14.9. The number of azo groups is 1. The molecule has 1 amide bonds. The molecule has 1 aromatic carbocycles. The lowest BCUT2D eigenvalue weighted by Crippen LogP contribution is -2.37. The van der Waals surface area contributed by atoms with Crippen LogP contribution in [0.2, 0.25) is 0 Å². The Morgan fingerprint density at radius 1 is 1.33 bits per heavy atom. The minimum atomic E-state index is -0.428. The summed E-state index contributed by atoms with van der Waals surface area (Å²) in [5.41, 5.74) is 2.17. The number of rotatable bonds is 3. The van der Waals surface area contributed by atoms with E-state index in [2.05, 4.69) is 32.1 Å². The van der Waals surface area contributed by atoms with Gasteiger partial charge in [0.05, 0.1) is 17.2 Å². The van der Waals surface area contributed by atoms with Crippen LogP contribution in [0.3, 0.4) is 0 Å². The number of aromatic amines is 1. The molecule has 0 unspecified atom stereocenters. The van der Waals surface area contributed by atoms with Crippen LogP contribution in [-0.2, 0) is 11.3 Å². The van der Waals surface area contributed by atoms with Gasteiger partial charge in [-0.15, -0.1) is 10.2 Å². The summed E-state index contributed by atoms with van der Waals surface area (Å²) in [5.74, 6) is 0. The van der Waals surface area contributed by atoms with E-state index in [9.17, 15) is 9.59 Å². The van der Waals surface area contributed by atoms with Crippen LogP contribution in [0.25, 0.3) is 12.3 Å². The first-order valence-corrected chi connectivity index (χ1v) is 6.20. The molecular formula is C14H11N5O2. The third-order valence-corrected chi connectivity index (χ3v) is 3.07. The molecule has 0 saturated carbocycles. The van der Waals surface area contributed by atoms with E-state index in [0.29, 0.717) is 35.3 Å². The van der Waals surface area contributed by atoms with Gasteiger partial charge < -0.3 is 10.3 Å². The highest BCUT2D eigenvalue weighted by atomic mass is 16.1. The van der Waals surface area contributed by atoms with Gasteiger partial charge >= 0.3 is 0 Å². The van der Waals surface area contributed by atoms with Gasteiger partial charge in [-0.2, -0.15) is 0 Å². The molecule has 1 aliphatic heterocycles. The number of aromatic nitrogens is 2. The van der Waals surface area contributed by atoms with Crippen LogP contribution in [-0.4, -0.2) is 16.4 Å². The van der Waals surface area contributed by atoms with Gasteiger partial charge in [0.1, 0.15) is 11.0 Å². The summed E-state index contributed by atoms with van der Waals surface area (Å²) in [6.45, 7) is 4.05. The smallest absolute Gasteiger partial charge is 0.295 e. The lowest BCUT2D eigenvalue weighted by molar-refractivity contribution is -0.109. The average Bonchev–Trinajstić information content (AvgIpc) is 2.92. The number of carbonyl (C=O) groups excluding carboxylic acids is 1. The van der Waals surface area contributed by atoms with Gasteiger partial charge in [0, 0.05) is 12.1 Å². The monoisotopic (exact) mass is 281 g/mol. The van der Waals surface area contributed by atoms with Crippen molar-refractivity contribution < 1.29 is 4.79 Å². The molecule has 2 aromatic rings. The summed E-state index contributed by atoms with van der Waals surface area (Å²) in [5, 5.41) is 11.5. The Morgan fingerprint density at radius 3 is 3.00 bits per heavy atom. The predicted molar refractivity (Wildman–Crippen MR) is 76.0 cm³/mol. The van der Waals surface area contributed by atoms with Crippen molar-refractivity contribution in [1.82, 2.24) is 15.3 Å². The molecule has 104 valence electrons. The fourth-order valence-electron chi connectivity index (χ4n) is 2.18. The first kappa shape index (κ1) is 12.9. The number of fused-ring (bicyclic) bond motifs is 1. The number of H-pyrrole nitrogens is 1. The highest BCUT2D eigenvalue weighted by Crippen LogP contribution is 2.35. The van der Waals surface area contributed by atoms with E-state index >= 15 is 0 Å². The van der Waals surface area contributed by atoms with Crippen molar-refractivity contribution in [2.24, 2.45) is 10.2 Å². The van der Waals surface area contributed by atoms with E-state index in [1.54, 1.807) is 6.07 Å².